The summed E-state index contributed by atoms with van der Waals surface area (Å²) in [6, 6.07) is 8.63. The molecule has 0 bridgehead atoms. The number of fused-ring (bicyclic) bond motifs is 4. The highest BCUT2D eigenvalue weighted by molar-refractivity contribution is 7.99. The van der Waals surface area contributed by atoms with E-state index in [1.807, 2.05) is 4.57 Å². The first-order valence-corrected chi connectivity index (χ1v) is 12.0. The SMILES string of the molecule is CCCCSc1nc2c(c(=O)n1CCCC)C1(CCCC1)Cc1ccccc1-2. The second kappa shape index (κ2) is 8.44. The van der Waals surface area contributed by atoms with Crippen molar-refractivity contribution in [1.29, 1.82) is 0 Å². The third-order valence-corrected chi connectivity index (χ3v) is 7.55. The van der Waals surface area contributed by atoms with Crippen LogP contribution in [0.4, 0.5) is 0 Å². The maximum absolute atomic E-state index is 13.9. The molecule has 1 aromatic heterocycles. The molecule has 4 rings (SSSR count). The molecule has 0 amide bonds. The predicted molar refractivity (Wildman–Crippen MR) is 118 cm³/mol. The van der Waals surface area contributed by atoms with Gasteiger partial charge in [0, 0.05) is 23.3 Å². The van der Waals surface area contributed by atoms with E-state index in [0.717, 1.165) is 67.2 Å². The van der Waals surface area contributed by atoms with Gasteiger partial charge in [0.2, 0.25) is 0 Å². The monoisotopic (exact) mass is 396 g/mol. The zero-order valence-electron chi connectivity index (χ0n) is 17.3. The summed E-state index contributed by atoms with van der Waals surface area (Å²) in [4.78, 5) is 19.0. The summed E-state index contributed by atoms with van der Waals surface area (Å²) >= 11 is 1.77. The number of aromatic nitrogens is 2. The van der Waals surface area contributed by atoms with Crippen molar-refractivity contribution in [1.82, 2.24) is 9.55 Å². The normalized spacial score (nSPS) is 16.9. The quantitative estimate of drug-likeness (QED) is 0.328. The van der Waals surface area contributed by atoms with Gasteiger partial charge in [0.25, 0.3) is 5.56 Å². The molecule has 1 saturated carbocycles. The molecule has 1 heterocycles. The van der Waals surface area contributed by atoms with E-state index in [-0.39, 0.29) is 11.0 Å². The molecule has 0 unspecified atom stereocenters. The zero-order valence-corrected chi connectivity index (χ0v) is 18.1. The first-order chi connectivity index (χ1) is 13.7. The van der Waals surface area contributed by atoms with Gasteiger partial charge in [0.05, 0.1) is 11.3 Å². The molecule has 0 saturated heterocycles. The molecule has 0 aliphatic heterocycles. The number of unbranched alkanes of at least 4 members (excludes halogenated alkanes) is 2. The second-order valence-corrected chi connectivity index (χ2v) is 9.51. The van der Waals surface area contributed by atoms with Crippen LogP contribution >= 0.6 is 11.8 Å². The second-order valence-electron chi connectivity index (χ2n) is 8.45. The lowest BCUT2D eigenvalue weighted by Gasteiger charge is -2.36. The molecule has 1 aromatic carbocycles. The van der Waals surface area contributed by atoms with Gasteiger partial charge in [-0.1, -0.05) is 75.6 Å². The molecule has 28 heavy (non-hydrogen) atoms. The maximum atomic E-state index is 13.9. The summed E-state index contributed by atoms with van der Waals surface area (Å²) in [6.07, 6.45) is 10.2. The van der Waals surface area contributed by atoms with E-state index in [2.05, 4.69) is 38.1 Å². The van der Waals surface area contributed by atoms with E-state index in [0.29, 0.717) is 0 Å². The summed E-state index contributed by atoms with van der Waals surface area (Å²) in [5, 5.41) is 0.926. The molecule has 1 spiro atoms. The highest BCUT2D eigenvalue weighted by Gasteiger charge is 2.44. The minimum Gasteiger partial charge on any atom is -0.287 e. The van der Waals surface area contributed by atoms with E-state index < -0.39 is 0 Å². The average molecular weight is 397 g/mol. The lowest BCUT2D eigenvalue weighted by molar-refractivity contribution is 0.413. The Kier molecular flexibility index (Phi) is 5.96. The van der Waals surface area contributed by atoms with Crippen molar-refractivity contribution >= 4 is 11.8 Å². The van der Waals surface area contributed by atoms with Crippen LogP contribution in [0.1, 0.15) is 76.3 Å². The highest BCUT2D eigenvalue weighted by atomic mass is 32.2. The van der Waals surface area contributed by atoms with Crippen LogP contribution in [0.2, 0.25) is 0 Å². The standard InChI is InChI=1S/C24H32N2OS/c1-3-5-15-26-22(27)20-21(25-23(26)28-16-6-4-2)19-12-8-7-11-18(19)17-24(20)13-9-10-14-24/h7-8,11-12H,3-6,9-10,13-17H2,1-2H3. The van der Waals surface area contributed by atoms with Gasteiger partial charge in [-0.2, -0.15) is 0 Å². The van der Waals surface area contributed by atoms with Crippen LogP contribution in [0.5, 0.6) is 0 Å². The van der Waals surface area contributed by atoms with Crippen molar-refractivity contribution in [2.75, 3.05) is 5.75 Å². The number of hydrogen-bond donors (Lipinski definition) is 0. The van der Waals surface area contributed by atoms with E-state index in [9.17, 15) is 4.79 Å². The van der Waals surface area contributed by atoms with E-state index in [4.69, 9.17) is 4.98 Å². The third-order valence-electron chi connectivity index (χ3n) is 6.49. The Bertz CT molecular complexity index is 896. The molecule has 2 aliphatic carbocycles. The number of nitrogens with zero attached hydrogens (tertiary/aromatic N) is 2. The Morgan fingerprint density at radius 1 is 1.11 bits per heavy atom. The van der Waals surface area contributed by atoms with E-state index in [1.54, 1.807) is 11.8 Å². The zero-order chi connectivity index (χ0) is 19.6. The van der Waals surface area contributed by atoms with Crippen LogP contribution in [0.3, 0.4) is 0 Å². The Labute approximate surface area is 173 Å². The van der Waals surface area contributed by atoms with Crippen LogP contribution in [0.15, 0.2) is 34.2 Å². The number of rotatable bonds is 7. The molecule has 2 aliphatic rings. The summed E-state index contributed by atoms with van der Waals surface area (Å²) in [7, 11) is 0. The average Bonchev–Trinajstić information content (AvgIpc) is 3.16. The summed E-state index contributed by atoms with van der Waals surface area (Å²) in [5.74, 6) is 1.03. The van der Waals surface area contributed by atoms with Crippen molar-refractivity contribution in [2.45, 2.75) is 88.8 Å². The summed E-state index contributed by atoms with van der Waals surface area (Å²) < 4.78 is 2.01. The van der Waals surface area contributed by atoms with Crippen molar-refractivity contribution in [3.63, 3.8) is 0 Å². The maximum Gasteiger partial charge on any atom is 0.258 e. The Morgan fingerprint density at radius 3 is 2.61 bits per heavy atom. The van der Waals surface area contributed by atoms with Crippen molar-refractivity contribution in [2.24, 2.45) is 0 Å². The van der Waals surface area contributed by atoms with Gasteiger partial charge >= 0.3 is 0 Å². The van der Waals surface area contributed by atoms with Crippen LogP contribution in [-0.4, -0.2) is 15.3 Å². The van der Waals surface area contributed by atoms with Gasteiger partial charge in [-0.3, -0.25) is 9.36 Å². The molecule has 2 aromatic rings. The van der Waals surface area contributed by atoms with Gasteiger partial charge in [0.15, 0.2) is 5.16 Å². The van der Waals surface area contributed by atoms with Crippen LogP contribution in [-0.2, 0) is 18.4 Å². The van der Waals surface area contributed by atoms with Gasteiger partial charge in [0.1, 0.15) is 0 Å². The molecule has 4 heteroatoms. The molecule has 0 atom stereocenters. The molecule has 0 radical (unpaired) electrons. The van der Waals surface area contributed by atoms with E-state index in [1.165, 1.54) is 30.4 Å². The Hall–Kier alpha value is -1.55. The molecular formula is C24H32N2OS. The number of benzene rings is 1. The number of thioether (sulfide) groups is 1. The first kappa shape index (κ1) is 19.8. The number of hydrogen-bond acceptors (Lipinski definition) is 3. The van der Waals surface area contributed by atoms with E-state index >= 15 is 0 Å². The molecule has 0 N–H and O–H groups in total. The summed E-state index contributed by atoms with van der Waals surface area (Å²) in [6.45, 7) is 5.20. The van der Waals surface area contributed by atoms with Gasteiger partial charge in [-0.25, -0.2) is 4.98 Å². The van der Waals surface area contributed by atoms with Gasteiger partial charge in [-0.15, -0.1) is 0 Å². The van der Waals surface area contributed by atoms with Crippen LogP contribution in [0.25, 0.3) is 11.3 Å². The molecule has 1 fully saturated rings. The third kappa shape index (κ3) is 3.45. The first-order valence-electron chi connectivity index (χ1n) is 11.1. The highest BCUT2D eigenvalue weighted by Crippen LogP contribution is 2.49. The van der Waals surface area contributed by atoms with Crippen molar-refractivity contribution in [3.05, 3.63) is 45.7 Å². The lowest BCUT2D eigenvalue weighted by atomic mass is 9.68. The largest absolute Gasteiger partial charge is 0.287 e. The fourth-order valence-electron chi connectivity index (χ4n) is 4.98. The van der Waals surface area contributed by atoms with Crippen molar-refractivity contribution < 1.29 is 0 Å². The van der Waals surface area contributed by atoms with Crippen LogP contribution in [0, 0.1) is 0 Å². The predicted octanol–water partition coefficient (Wildman–Crippen LogP) is 5.97. The van der Waals surface area contributed by atoms with Crippen LogP contribution < -0.4 is 5.56 Å². The Morgan fingerprint density at radius 2 is 1.86 bits per heavy atom. The lowest BCUT2D eigenvalue weighted by Crippen LogP contribution is -2.40. The smallest absolute Gasteiger partial charge is 0.258 e. The van der Waals surface area contributed by atoms with Gasteiger partial charge < -0.3 is 0 Å². The topological polar surface area (TPSA) is 34.9 Å². The summed E-state index contributed by atoms with van der Waals surface area (Å²) in [5.41, 5.74) is 4.83. The molecular weight excluding hydrogens is 364 g/mol. The molecule has 150 valence electrons. The van der Waals surface area contributed by atoms with Crippen molar-refractivity contribution in [3.8, 4) is 11.3 Å². The Balaban J connectivity index is 1.90. The van der Waals surface area contributed by atoms with Gasteiger partial charge in [-0.05, 0) is 37.7 Å². The molecule has 3 nitrogen and oxygen atoms in total. The fourth-order valence-corrected chi connectivity index (χ4v) is 6.08. The fraction of sp³-hybridized carbons (Fsp3) is 0.583. The minimum atomic E-state index is 0.00828. The minimum absolute atomic E-state index is 0.00828.